The number of benzene rings is 2. The minimum Gasteiger partial charge on any atom is -1.00 e. The zero-order valence-corrected chi connectivity index (χ0v) is 17.1. The summed E-state index contributed by atoms with van der Waals surface area (Å²) in [6, 6.07) is 16.7. The SMILES string of the molecule is COc1ccc(-c2cn(-c3ccc(Br)cc3)c3[n+]2CCS3)cc1.[Br-]. The van der Waals surface area contributed by atoms with Gasteiger partial charge in [-0.3, -0.25) is 0 Å². The van der Waals surface area contributed by atoms with Crippen molar-refractivity contribution in [3.05, 3.63) is 59.2 Å². The number of halogens is 2. The van der Waals surface area contributed by atoms with Gasteiger partial charge < -0.3 is 21.7 Å². The van der Waals surface area contributed by atoms with Crippen LogP contribution in [-0.2, 0) is 6.54 Å². The topological polar surface area (TPSA) is 18.0 Å². The van der Waals surface area contributed by atoms with Crippen LogP contribution in [0.2, 0.25) is 0 Å². The van der Waals surface area contributed by atoms with Crippen LogP contribution < -0.4 is 26.3 Å². The Kier molecular flexibility index (Phi) is 5.37. The highest BCUT2D eigenvalue weighted by molar-refractivity contribution is 9.10. The van der Waals surface area contributed by atoms with Gasteiger partial charge in [-0.25, -0.2) is 4.57 Å². The normalized spacial score (nSPS) is 12.6. The lowest BCUT2D eigenvalue weighted by atomic mass is 10.1. The molecule has 0 unspecified atom stereocenters. The molecule has 0 fully saturated rings. The summed E-state index contributed by atoms with van der Waals surface area (Å²) < 4.78 is 11.0. The third kappa shape index (κ3) is 3.15. The largest absolute Gasteiger partial charge is 1.00 e. The van der Waals surface area contributed by atoms with E-state index in [4.69, 9.17) is 4.74 Å². The Bertz CT molecular complexity index is 845. The van der Waals surface area contributed by atoms with Crippen molar-refractivity contribution < 1.29 is 26.3 Å². The fourth-order valence-corrected chi connectivity index (χ4v) is 4.21. The van der Waals surface area contributed by atoms with E-state index in [9.17, 15) is 0 Å². The van der Waals surface area contributed by atoms with E-state index >= 15 is 0 Å². The molecule has 0 N–H and O–H groups in total. The monoisotopic (exact) mass is 466 g/mol. The predicted octanol–water partition coefficient (Wildman–Crippen LogP) is 1.31. The van der Waals surface area contributed by atoms with Crippen LogP contribution in [0.15, 0.2) is 64.4 Å². The summed E-state index contributed by atoms with van der Waals surface area (Å²) in [5.74, 6) is 2.01. The average molecular weight is 468 g/mol. The van der Waals surface area contributed by atoms with Crippen LogP contribution >= 0.6 is 27.7 Å². The minimum atomic E-state index is 0. The van der Waals surface area contributed by atoms with Gasteiger partial charge in [0, 0.05) is 15.8 Å². The summed E-state index contributed by atoms with van der Waals surface area (Å²) in [6.45, 7) is 1.05. The van der Waals surface area contributed by atoms with E-state index in [-0.39, 0.29) is 17.0 Å². The second-order valence-electron chi connectivity index (χ2n) is 5.37. The number of aromatic nitrogens is 2. The lowest BCUT2D eigenvalue weighted by Crippen LogP contribution is -3.00. The lowest BCUT2D eigenvalue weighted by Gasteiger charge is -2.01. The van der Waals surface area contributed by atoms with Crippen LogP contribution in [-0.4, -0.2) is 17.4 Å². The zero-order chi connectivity index (χ0) is 15.8. The smallest absolute Gasteiger partial charge is 0.323 e. The van der Waals surface area contributed by atoms with Crippen molar-refractivity contribution in [2.45, 2.75) is 11.7 Å². The van der Waals surface area contributed by atoms with Crippen LogP contribution in [0.4, 0.5) is 0 Å². The molecule has 0 saturated carbocycles. The zero-order valence-electron chi connectivity index (χ0n) is 13.1. The summed E-state index contributed by atoms with van der Waals surface area (Å²) >= 11 is 5.41. The van der Waals surface area contributed by atoms with Crippen LogP contribution in [0.5, 0.6) is 5.75 Å². The number of ether oxygens (including phenoxy) is 1. The molecule has 4 rings (SSSR count). The number of hydrogen-bond acceptors (Lipinski definition) is 2. The maximum atomic E-state index is 5.26. The molecule has 0 amide bonds. The summed E-state index contributed by atoms with van der Waals surface area (Å²) in [5.41, 5.74) is 3.65. The molecule has 24 heavy (non-hydrogen) atoms. The Balaban J connectivity index is 0.00000169. The van der Waals surface area contributed by atoms with Gasteiger partial charge in [0.15, 0.2) is 5.69 Å². The number of thioether (sulfide) groups is 1. The first kappa shape index (κ1) is 17.6. The van der Waals surface area contributed by atoms with E-state index < -0.39 is 0 Å². The highest BCUT2D eigenvalue weighted by Gasteiger charge is 2.30. The van der Waals surface area contributed by atoms with Gasteiger partial charge >= 0.3 is 5.16 Å². The molecular formula is C18H16Br2N2OS. The molecule has 0 aliphatic carbocycles. The van der Waals surface area contributed by atoms with Gasteiger partial charge in [0.1, 0.15) is 24.2 Å². The number of hydrogen-bond donors (Lipinski definition) is 0. The van der Waals surface area contributed by atoms with E-state index in [1.54, 1.807) is 7.11 Å². The predicted molar refractivity (Wildman–Crippen MR) is 96.4 cm³/mol. The third-order valence-electron chi connectivity index (χ3n) is 4.02. The minimum absolute atomic E-state index is 0. The van der Waals surface area contributed by atoms with Crippen LogP contribution in [0.25, 0.3) is 16.9 Å². The van der Waals surface area contributed by atoms with Gasteiger partial charge in [0.25, 0.3) is 0 Å². The maximum absolute atomic E-state index is 5.26. The van der Waals surface area contributed by atoms with Crippen molar-refractivity contribution in [1.29, 1.82) is 0 Å². The molecule has 2 aromatic carbocycles. The number of fused-ring (bicyclic) bond motifs is 1. The summed E-state index contributed by atoms with van der Waals surface area (Å²) in [5, 5.41) is 1.29. The fourth-order valence-electron chi connectivity index (χ4n) is 2.85. The Morgan fingerprint density at radius 3 is 2.46 bits per heavy atom. The summed E-state index contributed by atoms with van der Waals surface area (Å²) in [7, 11) is 1.70. The molecule has 1 aliphatic heterocycles. The highest BCUT2D eigenvalue weighted by atomic mass is 79.9. The Morgan fingerprint density at radius 1 is 1.08 bits per heavy atom. The number of rotatable bonds is 3. The average Bonchev–Trinajstić information content (AvgIpc) is 3.18. The van der Waals surface area contributed by atoms with E-state index in [1.807, 2.05) is 23.9 Å². The third-order valence-corrected chi connectivity index (χ3v) is 5.61. The lowest BCUT2D eigenvalue weighted by molar-refractivity contribution is -0.713. The van der Waals surface area contributed by atoms with Gasteiger partial charge in [-0.2, -0.15) is 4.57 Å². The standard InChI is InChI=1S/C18H16BrN2OS.BrH/c1-22-16-8-2-13(3-9-16)17-12-21(18-20(17)10-11-23-18)15-6-4-14(19)5-7-15;/h2-9,12H,10-11H2,1H3;1H/q+1;/p-1. The Morgan fingerprint density at radius 2 is 1.79 bits per heavy atom. The first-order chi connectivity index (χ1) is 11.3. The molecule has 124 valence electrons. The van der Waals surface area contributed by atoms with Crippen molar-refractivity contribution in [2.24, 2.45) is 0 Å². The summed E-state index contributed by atoms with van der Waals surface area (Å²) in [4.78, 5) is 0. The van der Waals surface area contributed by atoms with Crippen molar-refractivity contribution in [2.75, 3.05) is 12.9 Å². The van der Waals surface area contributed by atoms with E-state index in [2.05, 4.69) is 67.7 Å². The van der Waals surface area contributed by atoms with Crippen LogP contribution in [0.3, 0.4) is 0 Å². The highest BCUT2D eigenvalue weighted by Crippen LogP contribution is 2.30. The fraction of sp³-hybridized carbons (Fsp3) is 0.167. The van der Waals surface area contributed by atoms with E-state index in [0.29, 0.717) is 0 Å². The molecule has 0 spiro atoms. The molecule has 2 heterocycles. The molecule has 1 aliphatic rings. The van der Waals surface area contributed by atoms with Gasteiger partial charge in [0.05, 0.1) is 7.11 Å². The van der Waals surface area contributed by atoms with Gasteiger partial charge in [-0.05, 0) is 60.3 Å². The molecule has 3 aromatic rings. The quantitative estimate of drug-likeness (QED) is 0.540. The number of nitrogens with zero attached hydrogens (tertiary/aromatic N) is 2. The van der Waals surface area contributed by atoms with E-state index in [1.165, 1.54) is 22.1 Å². The second-order valence-corrected chi connectivity index (χ2v) is 7.35. The van der Waals surface area contributed by atoms with Gasteiger partial charge in [0.2, 0.25) is 0 Å². The van der Waals surface area contributed by atoms with Crippen LogP contribution in [0.1, 0.15) is 0 Å². The summed E-state index contributed by atoms with van der Waals surface area (Å²) in [6.07, 6.45) is 2.23. The molecule has 6 heteroatoms. The van der Waals surface area contributed by atoms with E-state index in [0.717, 1.165) is 22.5 Å². The van der Waals surface area contributed by atoms with Crippen molar-refractivity contribution in [1.82, 2.24) is 4.57 Å². The van der Waals surface area contributed by atoms with Gasteiger partial charge in [-0.1, -0.05) is 15.9 Å². The Labute approximate surface area is 164 Å². The molecule has 0 saturated heterocycles. The van der Waals surface area contributed by atoms with Crippen molar-refractivity contribution in [3.63, 3.8) is 0 Å². The van der Waals surface area contributed by atoms with Crippen molar-refractivity contribution in [3.8, 4) is 22.7 Å². The molecule has 0 bridgehead atoms. The van der Waals surface area contributed by atoms with Crippen LogP contribution in [0, 0.1) is 0 Å². The molecular weight excluding hydrogens is 452 g/mol. The second kappa shape index (κ2) is 7.33. The van der Waals surface area contributed by atoms with Gasteiger partial charge in [-0.15, -0.1) is 0 Å². The Hall–Kier alpha value is -1.24. The maximum Gasteiger partial charge on any atom is 0.323 e. The first-order valence-corrected chi connectivity index (χ1v) is 9.22. The molecule has 1 aromatic heterocycles. The first-order valence-electron chi connectivity index (χ1n) is 7.44. The molecule has 0 atom stereocenters. The molecule has 3 nitrogen and oxygen atoms in total. The number of imidazole rings is 1. The molecule has 0 radical (unpaired) electrons. The van der Waals surface area contributed by atoms with Crippen molar-refractivity contribution >= 4 is 27.7 Å². The number of methoxy groups -OCH3 is 1.